The number of rotatable bonds is 10. The third-order valence-corrected chi connectivity index (χ3v) is 16.1. The second kappa shape index (κ2) is 17.2. The van der Waals surface area contributed by atoms with Crippen LogP contribution in [0.2, 0.25) is 0 Å². The minimum atomic E-state index is -4.43. The highest BCUT2D eigenvalue weighted by atomic mass is 32.1. The summed E-state index contributed by atoms with van der Waals surface area (Å²) in [6, 6.07) is 5.08. The molecule has 4 saturated heterocycles. The highest BCUT2D eigenvalue weighted by Gasteiger charge is 2.44. The summed E-state index contributed by atoms with van der Waals surface area (Å²) in [5, 5.41) is 25.6. The number of H-pyrrole nitrogens is 2. The lowest BCUT2D eigenvalue weighted by molar-refractivity contribution is -0.128. The van der Waals surface area contributed by atoms with E-state index in [1.807, 2.05) is 13.8 Å². The molecule has 4 bridgehead atoms. The number of alkyl halides is 6. The van der Waals surface area contributed by atoms with E-state index >= 15 is 0 Å². The summed E-state index contributed by atoms with van der Waals surface area (Å²) in [6.07, 6.45) is -3.02. The van der Waals surface area contributed by atoms with Gasteiger partial charge < -0.3 is 19.3 Å². The van der Waals surface area contributed by atoms with Gasteiger partial charge in [-0.15, -0.1) is 0 Å². The van der Waals surface area contributed by atoms with Crippen LogP contribution in [0.4, 0.5) is 36.3 Å². The number of aromatic nitrogens is 12. The molecule has 12 rings (SSSR count). The van der Waals surface area contributed by atoms with E-state index in [-0.39, 0.29) is 33.9 Å². The van der Waals surface area contributed by atoms with Crippen molar-refractivity contribution >= 4 is 44.0 Å². The highest BCUT2D eigenvalue weighted by molar-refractivity contribution is 7.19. The van der Waals surface area contributed by atoms with Gasteiger partial charge in [0.05, 0.1) is 61.2 Å². The Bertz CT molecular complexity index is 3030. The maximum absolute atomic E-state index is 13.7. The predicted octanol–water partition coefficient (Wildman–Crippen LogP) is 7.11. The van der Waals surface area contributed by atoms with Crippen molar-refractivity contribution in [2.45, 2.75) is 76.1 Å². The van der Waals surface area contributed by atoms with Gasteiger partial charge >= 0.3 is 12.4 Å². The number of likely N-dealkylation sites (N-methyl/N-ethyl adjacent to an activating group) is 2. The number of ether oxygens (including phenoxy) is 2. The number of aromatic amines is 2. The summed E-state index contributed by atoms with van der Waals surface area (Å²) in [6.45, 7) is 7.61. The number of nitrogens with one attached hydrogen (secondary N) is 2. The molecule has 18 nitrogen and oxygen atoms in total. The van der Waals surface area contributed by atoms with Crippen molar-refractivity contribution in [1.82, 2.24) is 69.4 Å². The Kier molecular flexibility index (Phi) is 11.3. The Labute approximate surface area is 403 Å². The number of halogens is 6. The fraction of sp³-hybridized carbons (Fsp3) is 0.455. The Morgan fingerprint density at radius 3 is 1.39 bits per heavy atom. The molecule has 4 fully saturated rings. The van der Waals surface area contributed by atoms with Crippen LogP contribution in [0.15, 0.2) is 37.2 Å². The first kappa shape index (κ1) is 46.0. The molecule has 2 N–H and O–H groups in total. The zero-order chi connectivity index (χ0) is 49.0. The number of hydrogen-bond acceptors (Lipinski definition) is 16. The van der Waals surface area contributed by atoms with Crippen molar-refractivity contribution in [3.63, 3.8) is 0 Å². The van der Waals surface area contributed by atoms with Crippen LogP contribution < -0.4 is 19.3 Å². The fourth-order valence-corrected chi connectivity index (χ4v) is 12.8. The first-order valence-corrected chi connectivity index (χ1v) is 24.0. The molecule has 8 aromatic rings. The lowest BCUT2D eigenvalue weighted by atomic mass is 10.0. The number of methoxy groups -OCH3 is 2. The van der Waals surface area contributed by atoms with Crippen molar-refractivity contribution in [2.24, 2.45) is 0 Å². The summed E-state index contributed by atoms with van der Waals surface area (Å²) < 4.78 is 95.9. The number of likely N-dealkylation sites (tertiary alicyclic amines) is 2. The number of aryl methyl sites for hydroxylation is 2. The molecule has 0 aliphatic carbocycles. The van der Waals surface area contributed by atoms with E-state index in [0.717, 1.165) is 60.4 Å². The number of hydrogen-bond donors (Lipinski definition) is 2. The molecule has 368 valence electrons. The van der Waals surface area contributed by atoms with Gasteiger partial charge in [0.1, 0.15) is 32.7 Å². The lowest BCUT2D eigenvalue weighted by Gasteiger charge is -2.32. The topological polar surface area (TPSA) is 175 Å². The van der Waals surface area contributed by atoms with Gasteiger partial charge in [0.25, 0.3) is 0 Å². The molecular formula is C44H46F6N16O2S2. The quantitative estimate of drug-likeness (QED) is 0.133. The first-order chi connectivity index (χ1) is 33.4. The van der Waals surface area contributed by atoms with Gasteiger partial charge in [-0.2, -0.15) is 46.7 Å². The monoisotopic (exact) mass is 1010 g/mol. The lowest BCUT2D eigenvalue weighted by Crippen LogP contribution is -2.44. The van der Waals surface area contributed by atoms with E-state index in [9.17, 15) is 26.3 Å². The smallest absolute Gasteiger partial charge is 0.393 e. The highest BCUT2D eigenvalue weighted by Crippen LogP contribution is 2.46. The molecule has 26 heteroatoms. The molecule has 0 unspecified atom stereocenters. The van der Waals surface area contributed by atoms with Crippen LogP contribution >= 0.6 is 22.7 Å². The summed E-state index contributed by atoms with van der Waals surface area (Å²) in [4.78, 5) is 27.0. The Morgan fingerprint density at radius 1 is 0.629 bits per heavy atom. The SMILES string of the molecule is COc1cc(-c2n[nH]c(-c3nc(C)c(N4C[C@@H]5C[C@H]4CN5C)s3)c2CC(F)(F)F)cn2ncnc12.COc1cc(-c2n[nH]c(-c3nc(C)c(N4C[C@@H]5C[C@H]4CN5C)s3)c2CC(F)(F)F)cn2ncnc12. The maximum Gasteiger partial charge on any atom is 0.393 e. The van der Waals surface area contributed by atoms with E-state index in [1.165, 1.54) is 58.6 Å². The third kappa shape index (κ3) is 8.26. The summed E-state index contributed by atoms with van der Waals surface area (Å²) in [5.41, 5.74) is 4.49. The normalized spacial score (nSPS) is 20.5. The molecule has 0 amide bonds. The van der Waals surface area contributed by atoms with E-state index in [4.69, 9.17) is 9.47 Å². The minimum absolute atomic E-state index is 0.0435. The molecule has 4 aliphatic heterocycles. The largest absolute Gasteiger partial charge is 0.493 e. The van der Waals surface area contributed by atoms with Crippen LogP contribution in [0, 0.1) is 13.8 Å². The molecule has 70 heavy (non-hydrogen) atoms. The van der Waals surface area contributed by atoms with Gasteiger partial charge in [-0.1, -0.05) is 22.7 Å². The van der Waals surface area contributed by atoms with Crippen molar-refractivity contribution in [3.8, 4) is 55.4 Å². The number of nitrogens with zero attached hydrogens (tertiary/aromatic N) is 14. The van der Waals surface area contributed by atoms with E-state index in [0.29, 0.717) is 68.1 Å². The minimum Gasteiger partial charge on any atom is -0.493 e. The van der Waals surface area contributed by atoms with Gasteiger partial charge in [-0.3, -0.25) is 20.0 Å². The molecule has 0 saturated carbocycles. The second-order valence-electron chi connectivity index (χ2n) is 18.2. The number of thiazole rings is 2. The van der Waals surface area contributed by atoms with Crippen molar-refractivity contribution in [3.05, 3.63) is 59.7 Å². The van der Waals surface area contributed by atoms with Crippen LogP contribution in [0.5, 0.6) is 11.5 Å². The molecule has 0 aromatic carbocycles. The standard InChI is InChI=1S/2C22H23F3N8OS/c2*1-11-21(32-9-13-5-14(32)8-31(13)2)35-20(28-11)18-15(6-22(23,24)25)17(29-30-18)12-4-16(34-3)19-26-10-27-33(19)7-12/h2*4,7,10,13-14H,5-6,8-9H2,1-3H3,(H,29,30)/t2*13-,14-/m00/s1. The molecular weight excluding hydrogens is 963 g/mol. The first-order valence-electron chi connectivity index (χ1n) is 22.4. The summed E-state index contributed by atoms with van der Waals surface area (Å²) >= 11 is 2.83. The van der Waals surface area contributed by atoms with E-state index in [2.05, 4.69) is 84.2 Å². The molecule has 0 spiro atoms. The Hall–Kier alpha value is -6.38. The number of anilines is 2. The fourth-order valence-electron chi connectivity index (χ4n) is 10.4. The van der Waals surface area contributed by atoms with Crippen molar-refractivity contribution < 1.29 is 35.8 Å². The second-order valence-corrected chi connectivity index (χ2v) is 20.1. The van der Waals surface area contributed by atoms with Gasteiger partial charge in [0.2, 0.25) is 0 Å². The van der Waals surface area contributed by atoms with E-state index in [1.54, 1.807) is 24.5 Å². The predicted molar refractivity (Wildman–Crippen MR) is 250 cm³/mol. The van der Waals surface area contributed by atoms with Crippen LogP contribution in [0.1, 0.15) is 35.4 Å². The zero-order valence-corrected chi connectivity index (χ0v) is 40.2. The molecule has 8 aromatic heterocycles. The van der Waals surface area contributed by atoms with Crippen molar-refractivity contribution in [2.75, 3.05) is 64.3 Å². The van der Waals surface area contributed by atoms with Crippen LogP contribution in [0.25, 0.3) is 55.2 Å². The molecule has 0 radical (unpaired) electrons. The molecule has 4 aliphatic rings. The van der Waals surface area contributed by atoms with E-state index < -0.39 is 25.2 Å². The number of piperazine rings is 2. The van der Waals surface area contributed by atoms with Gasteiger partial charge in [0, 0.05) is 85.0 Å². The van der Waals surface area contributed by atoms with Crippen LogP contribution in [-0.4, -0.2) is 160 Å². The average Bonchev–Trinajstić information content (AvgIpc) is 4.15. The van der Waals surface area contributed by atoms with Gasteiger partial charge in [-0.05, 0) is 52.9 Å². The van der Waals surface area contributed by atoms with Crippen LogP contribution in [-0.2, 0) is 12.8 Å². The Morgan fingerprint density at radius 2 is 1.04 bits per heavy atom. The van der Waals surface area contributed by atoms with Gasteiger partial charge in [-0.25, -0.2) is 29.0 Å². The Balaban J connectivity index is 0.000000152. The number of pyridine rings is 2. The van der Waals surface area contributed by atoms with Gasteiger partial charge in [0.15, 0.2) is 22.8 Å². The third-order valence-electron chi connectivity index (χ3n) is 13.7. The zero-order valence-electron chi connectivity index (χ0n) is 38.6. The molecule has 12 heterocycles. The van der Waals surface area contributed by atoms with Crippen molar-refractivity contribution in [1.29, 1.82) is 0 Å². The molecule has 4 atom stereocenters. The number of fused-ring (bicyclic) bond motifs is 6. The summed E-state index contributed by atoms with van der Waals surface area (Å²) in [7, 11) is 7.22. The van der Waals surface area contributed by atoms with Crippen LogP contribution in [0.3, 0.4) is 0 Å². The average molecular weight is 1010 g/mol. The summed E-state index contributed by atoms with van der Waals surface area (Å²) in [5.74, 6) is 0.785. The maximum atomic E-state index is 13.7.